The van der Waals surface area contributed by atoms with Crippen LogP contribution in [0.25, 0.3) is 0 Å². The number of benzene rings is 1. The lowest BCUT2D eigenvalue weighted by atomic mass is 10.3. The van der Waals surface area contributed by atoms with Crippen molar-refractivity contribution in [1.82, 2.24) is 0 Å². The van der Waals surface area contributed by atoms with E-state index in [9.17, 15) is 13.2 Å². The highest BCUT2D eigenvalue weighted by molar-refractivity contribution is 6.17. The van der Waals surface area contributed by atoms with E-state index < -0.39 is 14.0 Å². The first kappa shape index (κ1) is 10.7. The van der Waals surface area contributed by atoms with E-state index in [0.29, 0.717) is 0 Å². The Kier molecular flexibility index (Phi) is 3.24. The average Bonchev–Trinajstić information content (AvgIpc) is 2.06. The first-order valence-electron chi connectivity index (χ1n) is 3.61. The summed E-state index contributed by atoms with van der Waals surface area (Å²) in [4.78, 5) is 0. The van der Waals surface area contributed by atoms with Crippen molar-refractivity contribution in [1.29, 1.82) is 0 Å². The van der Waals surface area contributed by atoms with Crippen LogP contribution in [0.5, 0.6) is 11.5 Å². The van der Waals surface area contributed by atoms with Crippen LogP contribution >= 0.6 is 0 Å². The largest absolute Gasteiger partial charge is 0.573 e. The maximum Gasteiger partial charge on any atom is 0.573 e. The Hall–Kier alpha value is -1.37. The summed E-state index contributed by atoms with van der Waals surface area (Å²) in [6.07, 6.45) is -4.70. The average molecular weight is 206 g/mol. The van der Waals surface area contributed by atoms with Crippen molar-refractivity contribution >= 4 is 7.69 Å². The lowest BCUT2D eigenvalue weighted by Crippen LogP contribution is -2.17. The van der Waals surface area contributed by atoms with E-state index in [1.807, 2.05) is 0 Å². The van der Waals surface area contributed by atoms with E-state index in [1.165, 1.54) is 12.1 Å². The van der Waals surface area contributed by atoms with Gasteiger partial charge in [-0.1, -0.05) is 0 Å². The van der Waals surface area contributed by atoms with Crippen molar-refractivity contribution < 1.29 is 27.6 Å². The number of halogens is 3. The normalized spacial score (nSPS) is 10.9. The second-order valence-electron chi connectivity index (χ2n) is 2.29. The molecule has 0 saturated heterocycles. The third-order valence-corrected chi connectivity index (χ3v) is 1.29. The summed E-state index contributed by atoms with van der Waals surface area (Å²) in [5.41, 5.74) is 0. The fourth-order valence-corrected chi connectivity index (χ4v) is 0.812. The van der Waals surface area contributed by atoms with Gasteiger partial charge in [0.05, 0.1) is 0 Å². The molecule has 1 aromatic carbocycles. The number of rotatable bonds is 3. The fourth-order valence-electron chi connectivity index (χ4n) is 0.812. The van der Waals surface area contributed by atoms with Crippen LogP contribution in [0.3, 0.4) is 0 Å². The monoisotopic (exact) mass is 206 g/mol. The van der Waals surface area contributed by atoms with Crippen LogP contribution in [0, 0.1) is 0 Å². The van der Waals surface area contributed by atoms with Crippen LogP contribution in [-0.4, -0.2) is 19.1 Å². The molecule has 0 atom stereocenters. The minimum Gasteiger partial charge on any atom is -0.539 e. The van der Waals surface area contributed by atoms with Gasteiger partial charge in [0, 0.05) is 0 Å². The zero-order chi connectivity index (χ0) is 10.6. The third-order valence-electron chi connectivity index (χ3n) is 1.29. The van der Waals surface area contributed by atoms with E-state index in [4.69, 9.17) is 5.02 Å². The van der Waals surface area contributed by atoms with Crippen LogP contribution in [0.15, 0.2) is 24.3 Å². The summed E-state index contributed by atoms with van der Waals surface area (Å²) < 4.78 is 43.3. The van der Waals surface area contributed by atoms with Gasteiger partial charge >= 0.3 is 14.0 Å². The summed E-state index contributed by atoms with van der Waals surface area (Å²) >= 11 is 0. The van der Waals surface area contributed by atoms with Gasteiger partial charge in [-0.05, 0) is 24.3 Å². The predicted molar refractivity (Wildman–Crippen MR) is 43.1 cm³/mol. The van der Waals surface area contributed by atoms with Crippen molar-refractivity contribution in [2.75, 3.05) is 0 Å². The van der Waals surface area contributed by atoms with E-state index in [1.54, 1.807) is 0 Å². The summed E-state index contributed by atoms with van der Waals surface area (Å²) in [5, 5.41) is 8.34. The molecular weight excluding hydrogens is 200 g/mol. The Morgan fingerprint density at radius 1 is 1.07 bits per heavy atom. The quantitative estimate of drug-likeness (QED) is 0.755. The molecule has 0 aliphatic rings. The molecule has 0 fully saturated rings. The van der Waals surface area contributed by atoms with Gasteiger partial charge in [0.1, 0.15) is 11.5 Å². The molecule has 1 N–H and O–H groups in total. The van der Waals surface area contributed by atoms with E-state index in [2.05, 4.69) is 9.39 Å². The van der Waals surface area contributed by atoms with Gasteiger partial charge in [-0.3, -0.25) is 0 Å². The van der Waals surface area contributed by atoms with Crippen LogP contribution in [0.1, 0.15) is 0 Å². The maximum atomic E-state index is 11.7. The smallest absolute Gasteiger partial charge is 0.539 e. The second kappa shape index (κ2) is 4.23. The molecule has 76 valence electrons. The zero-order valence-corrected chi connectivity index (χ0v) is 6.91. The fraction of sp³-hybridized carbons (Fsp3) is 0.143. The molecule has 0 unspecified atom stereocenters. The minimum absolute atomic E-state index is 0.266. The number of hydrogen-bond acceptors (Lipinski definition) is 3. The van der Waals surface area contributed by atoms with Gasteiger partial charge < -0.3 is 14.4 Å². The van der Waals surface area contributed by atoms with E-state index in [-0.39, 0.29) is 11.5 Å². The molecule has 1 aromatic rings. The minimum atomic E-state index is -4.70. The Morgan fingerprint density at radius 2 is 1.57 bits per heavy atom. The molecule has 14 heavy (non-hydrogen) atoms. The molecular formula is C7H6BF3O3. The van der Waals surface area contributed by atoms with Crippen LogP contribution in [-0.2, 0) is 0 Å². The Bertz CT molecular complexity index is 285. The molecule has 0 radical (unpaired) electrons. The summed E-state index contributed by atoms with van der Waals surface area (Å²) in [6, 6.07) is 4.71. The first-order valence-corrected chi connectivity index (χ1v) is 3.61. The molecule has 1 rings (SSSR count). The summed E-state index contributed by atoms with van der Waals surface area (Å²) in [6.45, 7) is 0. The molecule has 0 bridgehead atoms. The van der Waals surface area contributed by atoms with Crippen molar-refractivity contribution in [2.45, 2.75) is 6.36 Å². The molecule has 0 aromatic heterocycles. The lowest BCUT2D eigenvalue weighted by Gasteiger charge is -2.09. The second-order valence-corrected chi connectivity index (χ2v) is 2.29. The Balaban J connectivity index is 2.64. The summed E-state index contributed by atoms with van der Waals surface area (Å²) in [5.74, 6) is -0.0650. The van der Waals surface area contributed by atoms with Crippen molar-refractivity contribution in [3.63, 3.8) is 0 Å². The predicted octanol–water partition coefficient (Wildman–Crippen LogP) is 1.22. The molecule has 0 aliphatic heterocycles. The van der Waals surface area contributed by atoms with Gasteiger partial charge in [0.2, 0.25) is 0 Å². The number of ether oxygens (including phenoxy) is 1. The van der Waals surface area contributed by atoms with Gasteiger partial charge in [-0.2, -0.15) is 0 Å². The lowest BCUT2D eigenvalue weighted by molar-refractivity contribution is -0.274. The van der Waals surface area contributed by atoms with Gasteiger partial charge in [-0.25, -0.2) is 0 Å². The number of alkyl halides is 3. The third kappa shape index (κ3) is 3.57. The zero-order valence-electron chi connectivity index (χ0n) is 6.91. The van der Waals surface area contributed by atoms with E-state index in [0.717, 1.165) is 12.1 Å². The highest BCUT2D eigenvalue weighted by Gasteiger charge is 2.30. The molecule has 0 heterocycles. The first-order chi connectivity index (χ1) is 6.51. The van der Waals surface area contributed by atoms with Crippen molar-refractivity contribution in [3.05, 3.63) is 24.3 Å². The maximum absolute atomic E-state index is 11.7. The molecule has 0 amide bonds. The molecule has 3 nitrogen and oxygen atoms in total. The Morgan fingerprint density at radius 3 is 2.00 bits per heavy atom. The van der Waals surface area contributed by atoms with E-state index >= 15 is 0 Å². The standard InChI is InChI=1S/C7H6BF3O3/c9-7(10,11)13-5-1-3-6(4-2-5)14-8-12/h1-4,8,12H. The molecule has 0 aliphatic carbocycles. The van der Waals surface area contributed by atoms with Crippen LogP contribution in [0.4, 0.5) is 13.2 Å². The summed E-state index contributed by atoms with van der Waals surface area (Å²) in [7, 11) is -0.528. The number of hydrogen-bond donors (Lipinski definition) is 1. The van der Waals surface area contributed by atoms with Gasteiger partial charge in [0.15, 0.2) is 0 Å². The van der Waals surface area contributed by atoms with Gasteiger partial charge in [-0.15, -0.1) is 13.2 Å². The molecule has 7 heteroatoms. The van der Waals surface area contributed by atoms with Crippen molar-refractivity contribution in [3.8, 4) is 11.5 Å². The van der Waals surface area contributed by atoms with Gasteiger partial charge in [0.25, 0.3) is 0 Å². The van der Waals surface area contributed by atoms with Crippen LogP contribution in [0.2, 0.25) is 0 Å². The topological polar surface area (TPSA) is 38.7 Å². The SMILES string of the molecule is OBOc1ccc(OC(F)(F)F)cc1. The van der Waals surface area contributed by atoms with Crippen molar-refractivity contribution in [2.24, 2.45) is 0 Å². The van der Waals surface area contributed by atoms with Crippen LogP contribution < -0.4 is 9.39 Å². The highest BCUT2D eigenvalue weighted by Crippen LogP contribution is 2.24. The molecule has 0 spiro atoms. The highest BCUT2D eigenvalue weighted by atomic mass is 19.4. The molecule has 0 saturated carbocycles. The Labute approximate surface area is 78.4 Å².